The molecule has 1 amide bonds. The first-order valence-electron chi connectivity index (χ1n) is 8.49. The molecule has 1 aromatic rings. The van der Waals surface area contributed by atoms with E-state index in [1.807, 2.05) is 11.6 Å². The van der Waals surface area contributed by atoms with E-state index >= 15 is 0 Å². The molecule has 0 aromatic carbocycles. The van der Waals surface area contributed by atoms with Crippen molar-refractivity contribution in [1.82, 2.24) is 14.7 Å². The topological polar surface area (TPSA) is 75.4 Å². The second-order valence-electron chi connectivity index (χ2n) is 7.22. The molecule has 0 bridgehead atoms. The van der Waals surface area contributed by atoms with Crippen molar-refractivity contribution in [3.05, 3.63) is 17.5 Å². The molecular formula is C17H25N3O3. The summed E-state index contributed by atoms with van der Waals surface area (Å²) in [6.45, 7) is 4.42. The number of aliphatic carboxylic acids is 1. The lowest BCUT2D eigenvalue weighted by Gasteiger charge is -2.24. The van der Waals surface area contributed by atoms with E-state index in [0.29, 0.717) is 24.6 Å². The highest BCUT2D eigenvalue weighted by atomic mass is 16.4. The summed E-state index contributed by atoms with van der Waals surface area (Å²) in [5, 5.41) is 13.8. The number of carboxylic acids is 1. The van der Waals surface area contributed by atoms with Crippen molar-refractivity contribution >= 4 is 11.9 Å². The van der Waals surface area contributed by atoms with E-state index in [2.05, 4.69) is 5.10 Å². The summed E-state index contributed by atoms with van der Waals surface area (Å²) in [4.78, 5) is 25.8. The van der Waals surface area contributed by atoms with Gasteiger partial charge in [-0.3, -0.25) is 14.3 Å². The predicted molar refractivity (Wildman–Crippen MR) is 85.3 cm³/mol. The van der Waals surface area contributed by atoms with Crippen LogP contribution in [0.1, 0.15) is 67.5 Å². The molecule has 3 rings (SSSR count). The predicted octanol–water partition coefficient (Wildman–Crippen LogP) is 2.63. The van der Waals surface area contributed by atoms with Crippen LogP contribution in [-0.2, 0) is 4.79 Å². The normalized spacial score (nSPS) is 25.7. The quantitative estimate of drug-likeness (QED) is 0.929. The summed E-state index contributed by atoms with van der Waals surface area (Å²) in [7, 11) is 0. The average molecular weight is 319 g/mol. The minimum absolute atomic E-state index is 0.0884. The summed E-state index contributed by atoms with van der Waals surface area (Å²) in [5.74, 6) is -0.919. The van der Waals surface area contributed by atoms with Crippen LogP contribution in [-0.4, -0.2) is 44.8 Å². The molecule has 1 aliphatic carbocycles. The standard InChI is InChI=1S/C17H25N3O3/c1-12-14(10-18-20(12)13-6-4-3-5-7-13)15(21)19-9-8-17(2,11-19)16(22)23/h10,13H,3-9,11H2,1-2H3,(H,22,23). The molecule has 2 fully saturated rings. The molecule has 23 heavy (non-hydrogen) atoms. The van der Waals surface area contributed by atoms with E-state index in [-0.39, 0.29) is 12.5 Å². The Labute approximate surface area is 136 Å². The maximum atomic E-state index is 12.8. The number of nitrogens with zero attached hydrogens (tertiary/aromatic N) is 3. The molecule has 6 nitrogen and oxygen atoms in total. The zero-order chi connectivity index (χ0) is 16.6. The third-order valence-electron chi connectivity index (χ3n) is 5.47. The van der Waals surface area contributed by atoms with Gasteiger partial charge in [-0.15, -0.1) is 0 Å². The van der Waals surface area contributed by atoms with Crippen LogP contribution < -0.4 is 0 Å². The number of amides is 1. The van der Waals surface area contributed by atoms with Gasteiger partial charge >= 0.3 is 5.97 Å². The molecular weight excluding hydrogens is 294 g/mol. The summed E-state index contributed by atoms with van der Waals surface area (Å²) in [5.41, 5.74) is 0.694. The number of carbonyl (C=O) groups excluding carboxylic acids is 1. The van der Waals surface area contributed by atoms with Gasteiger partial charge in [-0.05, 0) is 33.1 Å². The van der Waals surface area contributed by atoms with Gasteiger partial charge in [-0.2, -0.15) is 5.10 Å². The lowest BCUT2D eigenvalue weighted by atomic mass is 9.90. The lowest BCUT2D eigenvalue weighted by Crippen LogP contribution is -2.35. The molecule has 126 valence electrons. The van der Waals surface area contributed by atoms with Gasteiger partial charge in [0.25, 0.3) is 5.91 Å². The summed E-state index contributed by atoms with van der Waals surface area (Å²) in [6.07, 6.45) is 8.12. The van der Waals surface area contributed by atoms with Gasteiger partial charge in [-0.1, -0.05) is 19.3 Å². The van der Waals surface area contributed by atoms with Crippen LogP contribution >= 0.6 is 0 Å². The number of likely N-dealkylation sites (tertiary alicyclic amines) is 1. The Bertz CT molecular complexity index is 619. The van der Waals surface area contributed by atoms with Crippen LogP contribution in [0.25, 0.3) is 0 Å². The van der Waals surface area contributed by atoms with E-state index in [9.17, 15) is 14.7 Å². The maximum absolute atomic E-state index is 12.8. The zero-order valence-corrected chi connectivity index (χ0v) is 13.9. The molecule has 1 saturated heterocycles. The van der Waals surface area contributed by atoms with Crippen LogP contribution in [0.2, 0.25) is 0 Å². The molecule has 6 heteroatoms. The number of rotatable bonds is 3. The molecule has 1 N–H and O–H groups in total. The molecule has 1 saturated carbocycles. The highest BCUT2D eigenvalue weighted by Gasteiger charge is 2.42. The van der Waals surface area contributed by atoms with Crippen LogP contribution in [0, 0.1) is 12.3 Å². The molecule has 1 aliphatic heterocycles. The fraction of sp³-hybridized carbons (Fsp3) is 0.706. The average Bonchev–Trinajstić information content (AvgIpc) is 3.12. The Balaban J connectivity index is 1.76. The monoisotopic (exact) mass is 319 g/mol. The Kier molecular flexibility index (Phi) is 4.17. The van der Waals surface area contributed by atoms with Gasteiger partial charge in [0.15, 0.2) is 0 Å². The third-order valence-corrected chi connectivity index (χ3v) is 5.47. The molecule has 1 unspecified atom stereocenters. The SMILES string of the molecule is Cc1c(C(=O)N2CCC(C)(C(=O)O)C2)cnn1C1CCCCC1. The van der Waals surface area contributed by atoms with Crippen molar-refractivity contribution < 1.29 is 14.7 Å². The van der Waals surface area contributed by atoms with Crippen molar-refractivity contribution in [2.75, 3.05) is 13.1 Å². The van der Waals surface area contributed by atoms with E-state index in [1.165, 1.54) is 19.3 Å². The lowest BCUT2D eigenvalue weighted by molar-refractivity contribution is -0.147. The Morgan fingerprint density at radius 3 is 2.61 bits per heavy atom. The minimum Gasteiger partial charge on any atom is -0.481 e. The van der Waals surface area contributed by atoms with Crippen molar-refractivity contribution in [2.45, 2.75) is 58.4 Å². The van der Waals surface area contributed by atoms with Crippen LogP contribution in [0.15, 0.2) is 6.20 Å². The van der Waals surface area contributed by atoms with E-state index < -0.39 is 11.4 Å². The van der Waals surface area contributed by atoms with Crippen molar-refractivity contribution in [2.24, 2.45) is 5.41 Å². The number of carbonyl (C=O) groups is 2. The second-order valence-corrected chi connectivity index (χ2v) is 7.22. The van der Waals surface area contributed by atoms with Gasteiger partial charge in [0.2, 0.25) is 0 Å². The molecule has 2 aliphatic rings. The van der Waals surface area contributed by atoms with Crippen LogP contribution in [0.5, 0.6) is 0 Å². The van der Waals surface area contributed by atoms with Crippen molar-refractivity contribution in [3.8, 4) is 0 Å². The summed E-state index contributed by atoms with van der Waals surface area (Å²) >= 11 is 0. The van der Waals surface area contributed by atoms with Gasteiger partial charge in [0.05, 0.1) is 23.2 Å². The third kappa shape index (κ3) is 2.86. The van der Waals surface area contributed by atoms with E-state index in [0.717, 1.165) is 18.5 Å². The number of hydrogen-bond donors (Lipinski definition) is 1. The molecule has 2 heterocycles. The van der Waals surface area contributed by atoms with Gasteiger partial charge in [0, 0.05) is 18.8 Å². The molecule has 0 radical (unpaired) electrons. The second kappa shape index (κ2) is 5.98. The van der Waals surface area contributed by atoms with Crippen LogP contribution in [0.3, 0.4) is 0 Å². The Morgan fingerprint density at radius 1 is 1.30 bits per heavy atom. The smallest absolute Gasteiger partial charge is 0.311 e. The first-order chi connectivity index (χ1) is 10.9. The molecule has 1 atom stereocenters. The first-order valence-corrected chi connectivity index (χ1v) is 8.49. The maximum Gasteiger partial charge on any atom is 0.311 e. The van der Waals surface area contributed by atoms with E-state index in [4.69, 9.17) is 0 Å². The Morgan fingerprint density at radius 2 is 2.00 bits per heavy atom. The number of hydrogen-bond acceptors (Lipinski definition) is 3. The number of aromatic nitrogens is 2. The van der Waals surface area contributed by atoms with Crippen molar-refractivity contribution in [1.29, 1.82) is 0 Å². The summed E-state index contributed by atoms with van der Waals surface area (Å²) < 4.78 is 2.00. The molecule has 0 spiro atoms. The van der Waals surface area contributed by atoms with Crippen molar-refractivity contribution in [3.63, 3.8) is 0 Å². The van der Waals surface area contributed by atoms with Gasteiger partial charge in [-0.25, -0.2) is 0 Å². The highest BCUT2D eigenvalue weighted by Crippen LogP contribution is 2.33. The minimum atomic E-state index is -0.831. The Hall–Kier alpha value is -1.85. The zero-order valence-electron chi connectivity index (χ0n) is 13.9. The summed E-state index contributed by atoms with van der Waals surface area (Å²) in [6, 6.07) is 0.396. The van der Waals surface area contributed by atoms with Gasteiger partial charge < -0.3 is 10.0 Å². The number of carboxylic acid groups (broad SMARTS) is 1. The van der Waals surface area contributed by atoms with E-state index in [1.54, 1.807) is 18.0 Å². The first kappa shape index (κ1) is 16.0. The van der Waals surface area contributed by atoms with Crippen LogP contribution in [0.4, 0.5) is 0 Å². The largest absolute Gasteiger partial charge is 0.481 e. The highest BCUT2D eigenvalue weighted by molar-refractivity contribution is 5.95. The fourth-order valence-electron chi connectivity index (χ4n) is 3.81. The fourth-order valence-corrected chi connectivity index (χ4v) is 3.81. The molecule has 1 aromatic heterocycles. The van der Waals surface area contributed by atoms with Gasteiger partial charge in [0.1, 0.15) is 0 Å².